The van der Waals surface area contributed by atoms with Crippen molar-refractivity contribution in [1.82, 2.24) is 5.32 Å². The number of hydrogen-bond donors (Lipinski definition) is 1. The molecule has 0 saturated heterocycles. The lowest BCUT2D eigenvalue weighted by Crippen LogP contribution is -2.27. The van der Waals surface area contributed by atoms with E-state index in [1.54, 1.807) is 14.2 Å². The number of rotatable bonds is 8. The van der Waals surface area contributed by atoms with Gasteiger partial charge in [0.25, 0.3) is 0 Å². The topological polar surface area (TPSA) is 30.5 Å². The summed E-state index contributed by atoms with van der Waals surface area (Å²) in [5, 5.41) is 3.54. The Morgan fingerprint density at radius 3 is 2.50 bits per heavy atom. The maximum absolute atomic E-state index is 5.51. The minimum atomic E-state index is -0.0859. The average Bonchev–Trinajstić information content (AvgIpc) is 2.43. The number of hydrogen-bond acceptors (Lipinski definition) is 3. The fourth-order valence-corrected chi connectivity index (χ4v) is 2.68. The molecule has 0 bridgehead atoms. The van der Waals surface area contributed by atoms with Crippen molar-refractivity contribution in [2.45, 2.75) is 45.3 Å². The normalized spacial score (nSPS) is 13.3. The highest BCUT2D eigenvalue weighted by molar-refractivity contribution is 9.10. The molecule has 1 rings (SSSR count). The molecule has 20 heavy (non-hydrogen) atoms. The van der Waals surface area contributed by atoms with Crippen LogP contribution in [0.3, 0.4) is 0 Å². The molecule has 0 spiro atoms. The van der Waals surface area contributed by atoms with Crippen molar-refractivity contribution >= 4 is 15.9 Å². The van der Waals surface area contributed by atoms with Crippen molar-refractivity contribution < 1.29 is 9.47 Å². The predicted molar refractivity (Wildman–Crippen MR) is 87.4 cm³/mol. The predicted octanol–water partition coefficient (Wildman–Crippen LogP) is 4.31. The van der Waals surface area contributed by atoms with Crippen LogP contribution >= 0.6 is 15.9 Å². The van der Waals surface area contributed by atoms with Gasteiger partial charge in [0.1, 0.15) is 5.75 Å². The highest BCUT2D eigenvalue weighted by Gasteiger charge is 2.20. The van der Waals surface area contributed by atoms with Crippen molar-refractivity contribution in [2.75, 3.05) is 20.8 Å². The maximum atomic E-state index is 5.51. The van der Waals surface area contributed by atoms with Gasteiger partial charge in [-0.25, -0.2) is 0 Å². The van der Waals surface area contributed by atoms with Crippen LogP contribution in [0.15, 0.2) is 22.7 Å². The summed E-state index contributed by atoms with van der Waals surface area (Å²) in [4.78, 5) is 0. The van der Waals surface area contributed by atoms with Crippen molar-refractivity contribution in [3.8, 4) is 5.75 Å². The van der Waals surface area contributed by atoms with Gasteiger partial charge in [-0.3, -0.25) is 0 Å². The van der Waals surface area contributed by atoms with Crippen molar-refractivity contribution in [2.24, 2.45) is 0 Å². The monoisotopic (exact) mass is 343 g/mol. The molecule has 0 fully saturated rings. The van der Waals surface area contributed by atoms with Gasteiger partial charge in [-0.2, -0.15) is 0 Å². The average molecular weight is 344 g/mol. The molecule has 0 heterocycles. The Bertz CT molecular complexity index is 421. The molecule has 3 nitrogen and oxygen atoms in total. The van der Waals surface area contributed by atoms with Gasteiger partial charge in [0, 0.05) is 13.2 Å². The summed E-state index contributed by atoms with van der Waals surface area (Å²) in [6, 6.07) is 6.59. The lowest BCUT2D eigenvalue weighted by molar-refractivity contribution is 0.0117. The van der Waals surface area contributed by atoms with Gasteiger partial charge in [-0.15, -0.1) is 0 Å². The SMILES string of the molecule is CCNC(CCC(C)(C)OC)c1ccc(OC)c(Br)c1. The van der Waals surface area contributed by atoms with E-state index in [1.807, 2.05) is 6.07 Å². The van der Waals surface area contributed by atoms with E-state index < -0.39 is 0 Å². The van der Waals surface area contributed by atoms with Crippen molar-refractivity contribution in [3.05, 3.63) is 28.2 Å². The molecular weight excluding hydrogens is 318 g/mol. The first-order valence-electron chi connectivity index (χ1n) is 7.05. The molecule has 1 N–H and O–H groups in total. The summed E-state index contributed by atoms with van der Waals surface area (Å²) in [5.41, 5.74) is 1.18. The second-order valence-electron chi connectivity index (χ2n) is 5.51. The van der Waals surface area contributed by atoms with Crippen molar-refractivity contribution in [3.63, 3.8) is 0 Å². The van der Waals surface area contributed by atoms with Crippen LogP contribution < -0.4 is 10.1 Å². The molecule has 0 aromatic heterocycles. The molecule has 1 atom stereocenters. The zero-order valence-corrected chi connectivity index (χ0v) is 14.7. The number of benzene rings is 1. The molecule has 0 aliphatic carbocycles. The summed E-state index contributed by atoms with van der Waals surface area (Å²) < 4.78 is 11.8. The summed E-state index contributed by atoms with van der Waals surface area (Å²) in [5.74, 6) is 0.862. The fourth-order valence-electron chi connectivity index (χ4n) is 2.13. The molecule has 0 radical (unpaired) electrons. The van der Waals surface area contributed by atoms with E-state index in [9.17, 15) is 0 Å². The summed E-state index contributed by atoms with van der Waals surface area (Å²) in [7, 11) is 3.45. The Balaban J connectivity index is 2.82. The first kappa shape index (κ1) is 17.5. The maximum Gasteiger partial charge on any atom is 0.133 e. The third-order valence-corrected chi connectivity index (χ3v) is 4.24. The minimum absolute atomic E-state index is 0.0859. The summed E-state index contributed by atoms with van der Waals surface area (Å²) in [6.07, 6.45) is 2.04. The molecule has 1 aromatic carbocycles. The minimum Gasteiger partial charge on any atom is -0.496 e. The van der Waals surface area contributed by atoms with Gasteiger partial charge in [0.2, 0.25) is 0 Å². The van der Waals surface area contributed by atoms with Crippen LogP contribution in [0.25, 0.3) is 0 Å². The third kappa shape index (κ3) is 5.08. The molecule has 114 valence electrons. The van der Waals surface area contributed by atoms with Crippen LogP contribution in [0.1, 0.15) is 45.2 Å². The van der Waals surface area contributed by atoms with E-state index >= 15 is 0 Å². The molecule has 0 saturated carbocycles. The Hall–Kier alpha value is -0.580. The highest BCUT2D eigenvalue weighted by atomic mass is 79.9. The number of nitrogens with one attached hydrogen (secondary N) is 1. The molecule has 0 aliphatic heterocycles. The Morgan fingerprint density at radius 2 is 2.00 bits per heavy atom. The molecular formula is C16H26BrNO2. The smallest absolute Gasteiger partial charge is 0.133 e. The second-order valence-corrected chi connectivity index (χ2v) is 6.36. The molecule has 1 unspecified atom stereocenters. The first-order valence-corrected chi connectivity index (χ1v) is 7.84. The standard InChI is InChI=1S/C16H26BrNO2/c1-6-18-14(9-10-16(2,3)20-5)12-7-8-15(19-4)13(17)11-12/h7-8,11,14,18H,6,9-10H2,1-5H3. The van der Waals surface area contributed by atoms with Crippen LogP contribution in [0.5, 0.6) is 5.75 Å². The molecule has 0 aliphatic rings. The molecule has 1 aromatic rings. The van der Waals surface area contributed by atoms with Gasteiger partial charge in [0.15, 0.2) is 0 Å². The van der Waals surface area contributed by atoms with Gasteiger partial charge in [0.05, 0.1) is 17.2 Å². The van der Waals surface area contributed by atoms with E-state index in [1.165, 1.54) is 5.56 Å². The summed E-state index contributed by atoms with van der Waals surface area (Å²) >= 11 is 3.55. The first-order chi connectivity index (χ1) is 9.43. The zero-order chi connectivity index (χ0) is 15.2. The fraction of sp³-hybridized carbons (Fsp3) is 0.625. The quantitative estimate of drug-likeness (QED) is 0.762. The lowest BCUT2D eigenvalue weighted by Gasteiger charge is -2.26. The van der Waals surface area contributed by atoms with E-state index in [-0.39, 0.29) is 5.60 Å². The Morgan fingerprint density at radius 1 is 1.30 bits per heavy atom. The summed E-state index contributed by atoms with van der Waals surface area (Å²) in [6.45, 7) is 7.33. The Labute approximate surface area is 131 Å². The van der Waals surface area contributed by atoms with Crippen LogP contribution in [0.2, 0.25) is 0 Å². The Kier molecular flexibility index (Phi) is 7.00. The number of methoxy groups -OCH3 is 2. The van der Waals surface area contributed by atoms with Crippen LogP contribution in [0, 0.1) is 0 Å². The highest BCUT2D eigenvalue weighted by Crippen LogP contribution is 2.31. The largest absolute Gasteiger partial charge is 0.496 e. The van der Waals surface area contributed by atoms with E-state index in [2.05, 4.69) is 54.2 Å². The van der Waals surface area contributed by atoms with Gasteiger partial charge in [-0.1, -0.05) is 13.0 Å². The van der Waals surface area contributed by atoms with E-state index in [4.69, 9.17) is 9.47 Å². The van der Waals surface area contributed by atoms with Crippen LogP contribution in [-0.4, -0.2) is 26.4 Å². The third-order valence-electron chi connectivity index (χ3n) is 3.62. The van der Waals surface area contributed by atoms with Gasteiger partial charge in [-0.05, 0) is 66.9 Å². The zero-order valence-electron chi connectivity index (χ0n) is 13.1. The number of halogens is 1. The molecule has 4 heteroatoms. The second kappa shape index (κ2) is 8.01. The lowest BCUT2D eigenvalue weighted by atomic mass is 9.95. The van der Waals surface area contributed by atoms with Crippen LogP contribution in [-0.2, 0) is 4.74 Å². The van der Waals surface area contributed by atoms with Crippen molar-refractivity contribution in [1.29, 1.82) is 0 Å². The van der Waals surface area contributed by atoms with Gasteiger partial charge < -0.3 is 14.8 Å². The number of ether oxygens (including phenoxy) is 2. The van der Waals surface area contributed by atoms with Crippen LogP contribution in [0.4, 0.5) is 0 Å². The molecule has 0 amide bonds. The van der Waals surface area contributed by atoms with E-state index in [0.717, 1.165) is 29.6 Å². The van der Waals surface area contributed by atoms with Gasteiger partial charge >= 0.3 is 0 Å². The van der Waals surface area contributed by atoms with E-state index in [0.29, 0.717) is 6.04 Å².